The summed E-state index contributed by atoms with van der Waals surface area (Å²) in [6.45, 7) is 4.47. The third-order valence-corrected chi connectivity index (χ3v) is 1.60. The molecule has 0 spiro atoms. The van der Waals surface area contributed by atoms with E-state index >= 15 is 0 Å². The number of hydrazine groups is 1. The molecule has 1 aromatic heterocycles. The summed E-state index contributed by atoms with van der Waals surface area (Å²) in [5.41, 5.74) is 11.3. The maximum absolute atomic E-state index is 5.77. The van der Waals surface area contributed by atoms with Gasteiger partial charge in [0.25, 0.3) is 0 Å². The van der Waals surface area contributed by atoms with E-state index in [-0.39, 0.29) is 5.54 Å². The topological polar surface area (TPSA) is 75.9 Å². The maximum Gasteiger partial charge on any atom is 0.145 e. The van der Waals surface area contributed by atoms with Gasteiger partial charge < -0.3 is 11.2 Å². The van der Waals surface area contributed by atoms with Crippen molar-refractivity contribution in [2.75, 3.05) is 12.0 Å². The average Bonchev–Trinajstić information content (AvgIpc) is 2.01. The van der Waals surface area contributed by atoms with Crippen molar-refractivity contribution < 1.29 is 0 Å². The van der Waals surface area contributed by atoms with Gasteiger partial charge in [0.15, 0.2) is 0 Å². The molecule has 5 nitrogen and oxygen atoms in total. The first kappa shape index (κ1) is 11.2. The van der Waals surface area contributed by atoms with E-state index in [0.29, 0.717) is 17.5 Å². The highest BCUT2D eigenvalue weighted by molar-refractivity contribution is 6.29. The molecule has 0 atom stereocenters. The highest BCUT2D eigenvalue weighted by atomic mass is 35.5. The molecule has 1 aromatic rings. The Bertz CT molecular complexity index is 296. The summed E-state index contributed by atoms with van der Waals surface area (Å²) < 4.78 is 0. The summed E-state index contributed by atoms with van der Waals surface area (Å²) in [6, 6.07) is 1.62. The first-order valence-corrected chi connectivity index (χ1v) is 4.60. The van der Waals surface area contributed by atoms with Gasteiger partial charge in [-0.25, -0.2) is 15.4 Å². The summed E-state index contributed by atoms with van der Waals surface area (Å²) >= 11 is 5.67. The largest absolute Gasteiger partial charge is 0.324 e. The highest BCUT2D eigenvalue weighted by Gasteiger charge is 2.09. The molecular weight excluding hydrogens is 202 g/mol. The molecule has 0 saturated carbocycles. The molecule has 0 aliphatic rings. The zero-order valence-corrected chi connectivity index (χ0v) is 8.97. The van der Waals surface area contributed by atoms with Crippen molar-refractivity contribution in [3.63, 3.8) is 0 Å². The van der Waals surface area contributed by atoms with Crippen molar-refractivity contribution >= 4 is 17.4 Å². The Morgan fingerprint density at radius 2 is 2.21 bits per heavy atom. The van der Waals surface area contributed by atoms with Crippen LogP contribution in [-0.2, 0) is 0 Å². The number of rotatable bonds is 4. The van der Waals surface area contributed by atoms with Crippen molar-refractivity contribution in [3.05, 3.63) is 17.5 Å². The van der Waals surface area contributed by atoms with E-state index in [2.05, 4.69) is 20.8 Å². The van der Waals surface area contributed by atoms with Gasteiger partial charge in [-0.3, -0.25) is 0 Å². The molecule has 1 heterocycles. The van der Waals surface area contributed by atoms with E-state index in [1.165, 1.54) is 6.33 Å². The van der Waals surface area contributed by atoms with Crippen molar-refractivity contribution in [2.45, 2.75) is 19.4 Å². The van der Waals surface area contributed by atoms with Gasteiger partial charge >= 0.3 is 0 Å². The van der Waals surface area contributed by atoms with Crippen LogP contribution in [-0.4, -0.2) is 22.1 Å². The Hall–Kier alpha value is -0.910. The van der Waals surface area contributed by atoms with Gasteiger partial charge in [-0.2, -0.15) is 0 Å². The first-order chi connectivity index (χ1) is 6.47. The number of hydrogen-bond donors (Lipinski definition) is 3. The fraction of sp³-hybridized carbons (Fsp3) is 0.500. The summed E-state index contributed by atoms with van der Waals surface area (Å²) in [5.74, 6) is 0.620. The normalized spacial score (nSPS) is 11.4. The number of anilines is 1. The van der Waals surface area contributed by atoms with Crippen LogP contribution in [0.25, 0.3) is 0 Å². The number of halogens is 1. The molecule has 0 amide bonds. The average molecular weight is 216 g/mol. The Morgan fingerprint density at radius 1 is 1.50 bits per heavy atom. The lowest BCUT2D eigenvalue weighted by molar-refractivity contribution is 0.488. The van der Waals surface area contributed by atoms with Crippen molar-refractivity contribution in [3.8, 4) is 0 Å². The van der Waals surface area contributed by atoms with E-state index in [9.17, 15) is 0 Å². The van der Waals surface area contributed by atoms with Gasteiger partial charge in [0.05, 0.1) is 0 Å². The first-order valence-electron chi connectivity index (χ1n) is 4.23. The Kier molecular flexibility index (Phi) is 3.62. The van der Waals surface area contributed by atoms with Gasteiger partial charge in [-0.15, -0.1) is 0 Å². The molecule has 0 fully saturated rings. The number of nitrogens with zero attached hydrogens (tertiary/aromatic N) is 2. The number of hydrogen-bond acceptors (Lipinski definition) is 5. The molecule has 1 rings (SSSR count). The van der Waals surface area contributed by atoms with Gasteiger partial charge in [-0.1, -0.05) is 11.6 Å². The van der Waals surface area contributed by atoms with Crippen LogP contribution in [0.1, 0.15) is 13.8 Å². The lowest BCUT2D eigenvalue weighted by Gasteiger charge is -2.19. The van der Waals surface area contributed by atoms with Crippen molar-refractivity contribution in [1.82, 2.24) is 15.4 Å². The fourth-order valence-corrected chi connectivity index (χ4v) is 0.911. The molecule has 0 bridgehead atoms. The van der Waals surface area contributed by atoms with Crippen molar-refractivity contribution in [1.29, 1.82) is 0 Å². The van der Waals surface area contributed by atoms with Crippen molar-refractivity contribution in [2.24, 2.45) is 5.73 Å². The number of nitrogens with one attached hydrogen (secondary N) is 2. The van der Waals surface area contributed by atoms with Crippen LogP contribution >= 0.6 is 11.6 Å². The second-order valence-electron chi connectivity index (χ2n) is 3.69. The molecule has 0 aliphatic carbocycles. The number of nitrogens with two attached hydrogens (primary N) is 1. The van der Waals surface area contributed by atoms with E-state index in [1.54, 1.807) is 6.07 Å². The molecular formula is C8H14ClN5. The van der Waals surface area contributed by atoms with Gasteiger partial charge in [0, 0.05) is 18.2 Å². The van der Waals surface area contributed by atoms with Crippen LogP contribution in [0.2, 0.25) is 5.15 Å². The quantitative estimate of drug-likeness (QED) is 0.511. The van der Waals surface area contributed by atoms with Gasteiger partial charge in [0.1, 0.15) is 17.3 Å². The molecule has 0 aromatic carbocycles. The minimum absolute atomic E-state index is 0.274. The van der Waals surface area contributed by atoms with Crippen LogP contribution < -0.4 is 16.6 Å². The number of aromatic nitrogens is 2. The van der Waals surface area contributed by atoms with Crippen LogP contribution in [0.5, 0.6) is 0 Å². The minimum atomic E-state index is -0.274. The predicted molar refractivity (Wildman–Crippen MR) is 56.9 cm³/mol. The maximum atomic E-state index is 5.77. The monoisotopic (exact) mass is 215 g/mol. The van der Waals surface area contributed by atoms with Crippen LogP contribution in [0.4, 0.5) is 5.82 Å². The molecule has 0 radical (unpaired) electrons. The van der Waals surface area contributed by atoms with Crippen LogP contribution in [0.3, 0.4) is 0 Å². The summed E-state index contributed by atoms with van der Waals surface area (Å²) in [4.78, 5) is 7.71. The second kappa shape index (κ2) is 4.54. The molecule has 4 N–H and O–H groups in total. The minimum Gasteiger partial charge on any atom is -0.324 e. The van der Waals surface area contributed by atoms with Crippen LogP contribution in [0.15, 0.2) is 12.4 Å². The molecule has 14 heavy (non-hydrogen) atoms. The SMILES string of the molecule is CC(C)(N)CNNc1cc(Cl)ncn1. The fourth-order valence-electron chi connectivity index (χ4n) is 0.764. The smallest absolute Gasteiger partial charge is 0.145 e. The zero-order valence-electron chi connectivity index (χ0n) is 8.21. The molecule has 0 unspecified atom stereocenters. The molecule has 0 saturated heterocycles. The lowest BCUT2D eigenvalue weighted by Crippen LogP contribution is -2.45. The van der Waals surface area contributed by atoms with E-state index in [4.69, 9.17) is 17.3 Å². The summed E-state index contributed by atoms with van der Waals surface area (Å²) in [5, 5.41) is 0.399. The highest BCUT2D eigenvalue weighted by Crippen LogP contribution is 2.07. The lowest BCUT2D eigenvalue weighted by atomic mass is 10.1. The standard InChI is InChI=1S/C8H14ClN5/c1-8(2,10)4-13-14-7-3-6(9)11-5-12-7/h3,5,13H,4,10H2,1-2H3,(H,11,12,14). The van der Waals surface area contributed by atoms with Gasteiger partial charge in [-0.05, 0) is 13.8 Å². The molecule has 6 heteroatoms. The van der Waals surface area contributed by atoms with E-state index in [1.807, 2.05) is 13.8 Å². The zero-order chi connectivity index (χ0) is 10.6. The Labute approximate surface area is 88.0 Å². The van der Waals surface area contributed by atoms with E-state index < -0.39 is 0 Å². The third-order valence-electron chi connectivity index (χ3n) is 1.39. The van der Waals surface area contributed by atoms with E-state index in [0.717, 1.165) is 0 Å². The molecule has 0 aliphatic heterocycles. The third kappa shape index (κ3) is 4.36. The predicted octanol–water partition coefficient (Wildman–Crippen LogP) is 0.784. The molecule has 78 valence electrons. The summed E-state index contributed by atoms with van der Waals surface area (Å²) in [7, 11) is 0. The van der Waals surface area contributed by atoms with Gasteiger partial charge in [0.2, 0.25) is 0 Å². The Morgan fingerprint density at radius 3 is 2.79 bits per heavy atom. The summed E-state index contributed by atoms with van der Waals surface area (Å²) in [6.07, 6.45) is 1.39. The second-order valence-corrected chi connectivity index (χ2v) is 4.08. The van der Waals surface area contributed by atoms with Crippen LogP contribution in [0, 0.1) is 0 Å². The Balaban J connectivity index is 2.39.